The van der Waals surface area contributed by atoms with Crippen molar-refractivity contribution in [1.29, 1.82) is 0 Å². The Kier molecular flexibility index (Phi) is 7.82. The van der Waals surface area contributed by atoms with Crippen molar-refractivity contribution < 1.29 is 4.74 Å². The van der Waals surface area contributed by atoms with Crippen LogP contribution in [0.3, 0.4) is 0 Å². The molecule has 0 saturated carbocycles. The zero-order valence-electron chi connectivity index (χ0n) is 21.2. The second kappa shape index (κ2) is 11.2. The minimum Gasteiger partial charge on any atom is -0.383 e. The van der Waals surface area contributed by atoms with E-state index < -0.39 is 0 Å². The second-order valence-electron chi connectivity index (χ2n) is 10.1. The van der Waals surface area contributed by atoms with Crippen molar-refractivity contribution in [2.45, 2.75) is 25.3 Å². The first kappa shape index (κ1) is 24.4. The number of thiophene rings is 1. The summed E-state index contributed by atoms with van der Waals surface area (Å²) in [7, 11) is 6.27. The molecule has 2 fully saturated rings. The highest BCUT2D eigenvalue weighted by Gasteiger charge is 2.28. The van der Waals surface area contributed by atoms with Gasteiger partial charge in [-0.1, -0.05) is 30.3 Å². The first-order valence-electron chi connectivity index (χ1n) is 12.8. The number of methoxy groups -OCH3 is 1. The molecule has 0 radical (unpaired) electrons. The van der Waals surface area contributed by atoms with Gasteiger partial charge < -0.3 is 24.8 Å². The van der Waals surface area contributed by atoms with Crippen LogP contribution in [0.1, 0.15) is 19.3 Å². The molecule has 188 valence electrons. The highest BCUT2D eigenvalue weighted by Crippen LogP contribution is 2.40. The van der Waals surface area contributed by atoms with Crippen molar-refractivity contribution >= 4 is 33.3 Å². The smallest absolute Gasteiger partial charge is 0.226 e. The number of fused-ring (bicyclic) bond motifs is 1. The molecule has 1 aromatic carbocycles. The van der Waals surface area contributed by atoms with Crippen LogP contribution in [0.5, 0.6) is 0 Å². The number of hydrogen-bond donors (Lipinski definition) is 1. The van der Waals surface area contributed by atoms with E-state index in [9.17, 15) is 0 Å². The Morgan fingerprint density at radius 2 is 1.91 bits per heavy atom. The number of aromatic nitrogens is 2. The summed E-state index contributed by atoms with van der Waals surface area (Å²) < 4.78 is 5.21. The fraction of sp³-hybridized carbons (Fsp3) is 0.556. The van der Waals surface area contributed by atoms with Crippen molar-refractivity contribution in [2.75, 3.05) is 77.3 Å². The van der Waals surface area contributed by atoms with Crippen LogP contribution < -0.4 is 10.2 Å². The molecule has 1 atom stereocenters. The molecular formula is C27H38N6OS. The molecular weight excluding hydrogens is 456 g/mol. The quantitative estimate of drug-likeness (QED) is 0.446. The molecule has 7 nitrogen and oxygen atoms in total. The van der Waals surface area contributed by atoms with Gasteiger partial charge in [-0.15, -0.1) is 11.3 Å². The van der Waals surface area contributed by atoms with Crippen molar-refractivity contribution in [3.8, 4) is 11.1 Å². The molecule has 0 spiro atoms. The van der Waals surface area contributed by atoms with E-state index in [1.165, 1.54) is 55.4 Å². The minimum absolute atomic E-state index is 0.631. The van der Waals surface area contributed by atoms with Gasteiger partial charge in [-0.2, -0.15) is 4.98 Å². The number of nitrogens with zero attached hydrogens (tertiary/aromatic N) is 5. The molecule has 35 heavy (non-hydrogen) atoms. The average molecular weight is 495 g/mol. The molecule has 1 unspecified atom stereocenters. The van der Waals surface area contributed by atoms with Gasteiger partial charge in [0, 0.05) is 56.8 Å². The fourth-order valence-electron chi connectivity index (χ4n) is 5.48. The van der Waals surface area contributed by atoms with Crippen molar-refractivity contribution in [3.05, 3.63) is 35.7 Å². The Morgan fingerprint density at radius 3 is 2.63 bits per heavy atom. The van der Waals surface area contributed by atoms with Crippen LogP contribution in [-0.4, -0.2) is 92.9 Å². The van der Waals surface area contributed by atoms with E-state index in [0.717, 1.165) is 29.7 Å². The predicted molar refractivity (Wildman–Crippen MR) is 147 cm³/mol. The maximum Gasteiger partial charge on any atom is 0.226 e. The number of likely N-dealkylation sites (tertiary alicyclic amines) is 1. The number of ether oxygens (including phenoxy) is 1. The van der Waals surface area contributed by atoms with Gasteiger partial charge >= 0.3 is 0 Å². The Bertz CT molecular complexity index is 1100. The summed E-state index contributed by atoms with van der Waals surface area (Å²) >= 11 is 1.70. The van der Waals surface area contributed by atoms with E-state index in [0.29, 0.717) is 25.1 Å². The van der Waals surface area contributed by atoms with Gasteiger partial charge in [-0.05, 0) is 51.4 Å². The first-order valence-corrected chi connectivity index (χ1v) is 13.7. The van der Waals surface area contributed by atoms with Gasteiger partial charge in [-0.25, -0.2) is 4.98 Å². The number of rotatable bonds is 9. The lowest BCUT2D eigenvalue weighted by Gasteiger charge is -2.36. The van der Waals surface area contributed by atoms with Crippen LogP contribution in [0.4, 0.5) is 11.8 Å². The van der Waals surface area contributed by atoms with E-state index in [-0.39, 0.29) is 0 Å². The predicted octanol–water partition coefficient (Wildman–Crippen LogP) is 4.27. The van der Waals surface area contributed by atoms with Crippen LogP contribution in [0.2, 0.25) is 0 Å². The summed E-state index contributed by atoms with van der Waals surface area (Å²) in [5, 5.41) is 6.78. The summed E-state index contributed by atoms with van der Waals surface area (Å²) in [5.74, 6) is 2.51. The number of piperidine rings is 1. The molecule has 0 aliphatic carbocycles. The van der Waals surface area contributed by atoms with Gasteiger partial charge in [0.25, 0.3) is 0 Å². The monoisotopic (exact) mass is 494 g/mol. The van der Waals surface area contributed by atoms with Gasteiger partial charge in [0.2, 0.25) is 5.95 Å². The molecule has 2 aromatic heterocycles. The number of anilines is 2. The third kappa shape index (κ3) is 5.61. The van der Waals surface area contributed by atoms with Crippen LogP contribution in [0.15, 0.2) is 35.7 Å². The molecule has 0 bridgehead atoms. The Labute approximate surface area is 213 Å². The molecule has 1 N–H and O–H groups in total. The Morgan fingerprint density at radius 1 is 1.11 bits per heavy atom. The van der Waals surface area contributed by atoms with Crippen LogP contribution >= 0.6 is 11.3 Å². The number of nitrogens with one attached hydrogen (secondary N) is 1. The molecule has 5 rings (SSSR count). The summed E-state index contributed by atoms with van der Waals surface area (Å²) in [6.45, 7) is 7.03. The lowest BCUT2D eigenvalue weighted by Crippen LogP contribution is -2.42. The number of hydrogen-bond acceptors (Lipinski definition) is 8. The average Bonchev–Trinajstić information content (AvgIpc) is 3.51. The lowest BCUT2D eigenvalue weighted by atomic mass is 9.95. The van der Waals surface area contributed by atoms with E-state index >= 15 is 0 Å². The standard InChI is InChI=1S/C27H38N6OS/c1-31-13-11-22(18-31)32(2)17-20-9-14-33(15-10-20)25-24-23(21-7-5-4-6-8-21)19-35-26(24)30-27(29-25)28-12-16-34-3/h4-8,19-20,22H,9-18H2,1-3H3,(H,28,29,30). The molecule has 2 saturated heterocycles. The Balaban J connectivity index is 1.35. The van der Waals surface area contributed by atoms with Gasteiger partial charge in [-0.3, -0.25) is 0 Å². The van der Waals surface area contributed by atoms with Crippen LogP contribution in [0, 0.1) is 5.92 Å². The summed E-state index contributed by atoms with van der Waals surface area (Å²) in [6.07, 6.45) is 3.70. The summed E-state index contributed by atoms with van der Waals surface area (Å²) in [4.78, 5) is 18.5. The third-order valence-corrected chi connectivity index (χ3v) is 8.41. The van der Waals surface area contributed by atoms with Gasteiger partial charge in [0.05, 0.1) is 12.0 Å². The fourth-order valence-corrected chi connectivity index (χ4v) is 6.42. The lowest BCUT2D eigenvalue weighted by molar-refractivity contribution is 0.192. The van der Waals surface area contributed by atoms with Gasteiger partial charge in [0.15, 0.2) is 0 Å². The highest BCUT2D eigenvalue weighted by molar-refractivity contribution is 7.17. The molecule has 8 heteroatoms. The summed E-state index contributed by atoms with van der Waals surface area (Å²) in [6, 6.07) is 11.3. The maximum atomic E-state index is 5.21. The molecule has 2 aliphatic rings. The van der Waals surface area contributed by atoms with Crippen molar-refractivity contribution in [2.24, 2.45) is 5.92 Å². The van der Waals surface area contributed by atoms with Crippen LogP contribution in [0.25, 0.3) is 21.3 Å². The molecule has 2 aliphatic heterocycles. The minimum atomic E-state index is 0.631. The third-order valence-electron chi connectivity index (χ3n) is 7.54. The molecule has 0 amide bonds. The zero-order chi connectivity index (χ0) is 24.2. The van der Waals surface area contributed by atoms with E-state index in [2.05, 4.69) is 69.8 Å². The second-order valence-corrected chi connectivity index (χ2v) is 10.9. The summed E-state index contributed by atoms with van der Waals surface area (Å²) in [5.41, 5.74) is 2.46. The van der Waals surface area contributed by atoms with Crippen molar-refractivity contribution in [1.82, 2.24) is 19.8 Å². The largest absolute Gasteiger partial charge is 0.383 e. The van der Waals surface area contributed by atoms with E-state index in [4.69, 9.17) is 14.7 Å². The van der Waals surface area contributed by atoms with Gasteiger partial charge in [0.1, 0.15) is 10.6 Å². The molecule has 4 heterocycles. The SMILES string of the molecule is COCCNc1nc(N2CCC(CN(C)C3CCN(C)C3)CC2)c2c(-c3ccccc3)csc2n1. The Hall–Kier alpha value is -2.26. The number of likely N-dealkylation sites (N-methyl/N-ethyl adjacent to an activating group) is 2. The van der Waals surface area contributed by atoms with Crippen LogP contribution in [-0.2, 0) is 4.74 Å². The maximum absolute atomic E-state index is 5.21. The topological polar surface area (TPSA) is 56.8 Å². The first-order chi connectivity index (χ1) is 17.1. The van der Waals surface area contributed by atoms with E-state index in [1.54, 1.807) is 18.4 Å². The molecule has 3 aromatic rings. The normalized spacial score (nSPS) is 19.8. The highest BCUT2D eigenvalue weighted by atomic mass is 32.1. The zero-order valence-corrected chi connectivity index (χ0v) is 22.1. The van der Waals surface area contributed by atoms with Crippen molar-refractivity contribution in [3.63, 3.8) is 0 Å². The van der Waals surface area contributed by atoms with E-state index in [1.807, 2.05) is 0 Å². The number of benzene rings is 1.